The molecule has 0 amide bonds. The predicted octanol–water partition coefficient (Wildman–Crippen LogP) is 1.84. The number of guanidine groups is 1. The van der Waals surface area contributed by atoms with Crippen LogP contribution in [0.1, 0.15) is 45.4 Å². The van der Waals surface area contributed by atoms with Gasteiger partial charge in [0.2, 0.25) is 0 Å². The topological polar surface area (TPSA) is 48.9 Å². The fourth-order valence-corrected chi connectivity index (χ4v) is 3.24. The summed E-state index contributed by atoms with van der Waals surface area (Å²) < 4.78 is 5.21. The molecule has 0 aromatic carbocycles. The monoisotopic (exact) mass is 310 g/mol. The summed E-state index contributed by atoms with van der Waals surface area (Å²) in [4.78, 5) is 6.91. The molecule has 2 aliphatic rings. The van der Waals surface area contributed by atoms with Crippen LogP contribution in [0.5, 0.6) is 0 Å². The zero-order valence-corrected chi connectivity index (χ0v) is 14.6. The average Bonchev–Trinajstić information content (AvgIpc) is 3.36. The van der Waals surface area contributed by atoms with E-state index in [2.05, 4.69) is 27.4 Å². The van der Waals surface area contributed by atoms with Gasteiger partial charge >= 0.3 is 0 Å². The molecule has 2 N–H and O–H groups in total. The lowest BCUT2D eigenvalue weighted by molar-refractivity contribution is 0.144. The molecular weight excluding hydrogens is 276 g/mol. The van der Waals surface area contributed by atoms with Crippen LogP contribution < -0.4 is 10.6 Å². The second kappa shape index (κ2) is 9.36. The SMILES string of the molecule is CN=C(NCCN(CCOC)C1CC1)NC1CCC(C)CC1. The minimum Gasteiger partial charge on any atom is -0.383 e. The summed E-state index contributed by atoms with van der Waals surface area (Å²) in [6, 6.07) is 1.38. The zero-order valence-electron chi connectivity index (χ0n) is 14.6. The van der Waals surface area contributed by atoms with Gasteiger partial charge in [-0.2, -0.15) is 0 Å². The van der Waals surface area contributed by atoms with Gasteiger partial charge in [0, 0.05) is 45.9 Å². The van der Waals surface area contributed by atoms with Crippen molar-refractivity contribution in [3.8, 4) is 0 Å². The second-order valence-corrected chi connectivity index (χ2v) is 6.86. The fourth-order valence-electron chi connectivity index (χ4n) is 3.24. The molecule has 0 saturated heterocycles. The Morgan fingerprint density at radius 1 is 1.14 bits per heavy atom. The van der Waals surface area contributed by atoms with E-state index in [0.717, 1.165) is 44.2 Å². The highest BCUT2D eigenvalue weighted by molar-refractivity contribution is 5.79. The molecule has 128 valence electrons. The van der Waals surface area contributed by atoms with Crippen LogP contribution in [0.4, 0.5) is 0 Å². The van der Waals surface area contributed by atoms with Crippen LogP contribution in [0.15, 0.2) is 4.99 Å². The summed E-state index contributed by atoms with van der Waals surface area (Å²) in [5.74, 6) is 1.85. The van der Waals surface area contributed by atoms with E-state index in [-0.39, 0.29) is 0 Å². The van der Waals surface area contributed by atoms with Gasteiger partial charge in [-0.1, -0.05) is 6.92 Å². The molecule has 0 aromatic rings. The molecular formula is C17H34N4O. The van der Waals surface area contributed by atoms with E-state index in [9.17, 15) is 0 Å². The lowest BCUT2D eigenvalue weighted by atomic mass is 9.87. The van der Waals surface area contributed by atoms with E-state index in [1.165, 1.54) is 38.5 Å². The number of methoxy groups -OCH3 is 1. The van der Waals surface area contributed by atoms with Gasteiger partial charge in [-0.05, 0) is 44.4 Å². The Hall–Kier alpha value is -0.810. The molecule has 22 heavy (non-hydrogen) atoms. The van der Waals surface area contributed by atoms with Gasteiger partial charge in [0.1, 0.15) is 0 Å². The number of nitrogens with zero attached hydrogens (tertiary/aromatic N) is 2. The number of ether oxygens (including phenoxy) is 1. The molecule has 0 radical (unpaired) electrons. The number of hydrogen-bond acceptors (Lipinski definition) is 3. The molecule has 2 fully saturated rings. The fraction of sp³-hybridized carbons (Fsp3) is 0.941. The minimum atomic E-state index is 0.593. The van der Waals surface area contributed by atoms with Crippen molar-refractivity contribution in [1.29, 1.82) is 0 Å². The highest BCUT2D eigenvalue weighted by Gasteiger charge is 2.28. The molecule has 0 atom stereocenters. The largest absolute Gasteiger partial charge is 0.383 e. The molecule has 0 heterocycles. The van der Waals surface area contributed by atoms with Crippen molar-refractivity contribution >= 4 is 5.96 Å². The van der Waals surface area contributed by atoms with E-state index >= 15 is 0 Å². The summed E-state index contributed by atoms with van der Waals surface area (Å²) in [7, 11) is 3.64. The van der Waals surface area contributed by atoms with Crippen LogP contribution in [-0.4, -0.2) is 63.3 Å². The average molecular weight is 310 g/mol. The van der Waals surface area contributed by atoms with Gasteiger partial charge in [0.25, 0.3) is 0 Å². The molecule has 2 aliphatic carbocycles. The van der Waals surface area contributed by atoms with Gasteiger partial charge in [-0.15, -0.1) is 0 Å². The van der Waals surface area contributed by atoms with Crippen molar-refractivity contribution in [3.05, 3.63) is 0 Å². The Morgan fingerprint density at radius 3 is 2.45 bits per heavy atom. The summed E-state index contributed by atoms with van der Waals surface area (Å²) in [5, 5.41) is 7.06. The van der Waals surface area contributed by atoms with Crippen molar-refractivity contribution in [2.75, 3.05) is 40.4 Å². The van der Waals surface area contributed by atoms with E-state index in [1.54, 1.807) is 7.11 Å². The highest BCUT2D eigenvalue weighted by atomic mass is 16.5. The Balaban J connectivity index is 1.65. The Bertz CT molecular complexity index is 336. The van der Waals surface area contributed by atoms with Gasteiger partial charge in [-0.25, -0.2) is 0 Å². The van der Waals surface area contributed by atoms with E-state index in [0.29, 0.717) is 6.04 Å². The maximum atomic E-state index is 5.21. The van der Waals surface area contributed by atoms with E-state index in [1.807, 2.05) is 7.05 Å². The van der Waals surface area contributed by atoms with Crippen molar-refractivity contribution in [3.63, 3.8) is 0 Å². The smallest absolute Gasteiger partial charge is 0.191 e. The first-order valence-corrected chi connectivity index (χ1v) is 8.93. The molecule has 0 aliphatic heterocycles. The first-order chi connectivity index (χ1) is 10.7. The maximum absolute atomic E-state index is 5.21. The number of hydrogen-bond donors (Lipinski definition) is 2. The highest BCUT2D eigenvalue weighted by Crippen LogP contribution is 2.26. The quantitative estimate of drug-likeness (QED) is 0.530. The molecule has 0 spiro atoms. The van der Waals surface area contributed by atoms with Gasteiger partial charge in [0.15, 0.2) is 5.96 Å². The molecule has 5 heteroatoms. The van der Waals surface area contributed by atoms with Gasteiger partial charge in [0.05, 0.1) is 6.61 Å². The van der Waals surface area contributed by atoms with Crippen molar-refractivity contribution in [2.24, 2.45) is 10.9 Å². The molecule has 0 aromatic heterocycles. The molecule has 2 saturated carbocycles. The first kappa shape index (κ1) is 17.5. The molecule has 0 unspecified atom stereocenters. The third-order valence-electron chi connectivity index (χ3n) is 4.92. The Morgan fingerprint density at radius 2 is 1.86 bits per heavy atom. The molecule has 0 bridgehead atoms. The van der Waals surface area contributed by atoms with Crippen molar-refractivity contribution in [1.82, 2.24) is 15.5 Å². The van der Waals surface area contributed by atoms with Gasteiger partial charge < -0.3 is 15.4 Å². The van der Waals surface area contributed by atoms with E-state index in [4.69, 9.17) is 4.74 Å². The molecule has 5 nitrogen and oxygen atoms in total. The van der Waals surface area contributed by atoms with Crippen LogP contribution in [0.25, 0.3) is 0 Å². The predicted molar refractivity (Wildman–Crippen MR) is 92.4 cm³/mol. The normalized spacial score (nSPS) is 26.3. The van der Waals surface area contributed by atoms with Crippen LogP contribution in [0.2, 0.25) is 0 Å². The van der Waals surface area contributed by atoms with Gasteiger partial charge in [-0.3, -0.25) is 9.89 Å². The number of nitrogens with one attached hydrogen (secondary N) is 2. The minimum absolute atomic E-state index is 0.593. The summed E-state index contributed by atoms with van der Waals surface area (Å²) in [6.07, 6.45) is 7.89. The van der Waals surface area contributed by atoms with Crippen molar-refractivity contribution < 1.29 is 4.74 Å². The standard InChI is InChI=1S/C17H34N4O/c1-14-4-6-15(7-5-14)20-17(18-2)19-10-11-21(12-13-22-3)16-8-9-16/h14-16H,4-13H2,1-3H3,(H2,18,19,20). The second-order valence-electron chi connectivity index (χ2n) is 6.86. The lowest BCUT2D eigenvalue weighted by Gasteiger charge is -2.28. The summed E-state index contributed by atoms with van der Waals surface area (Å²) in [5.41, 5.74) is 0. The third kappa shape index (κ3) is 6.13. The lowest BCUT2D eigenvalue weighted by Crippen LogP contribution is -2.47. The van der Waals surface area contributed by atoms with Crippen LogP contribution in [-0.2, 0) is 4.74 Å². The first-order valence-electron chi connectivity index (χ1n) is 8.93. The maximum Gasteiger partial charge on any atom is 0.191 e. The third-order valence-corrected chi connectivity index (χ3v) is 4.92. The van der Waals surface area contributed by atoms with Crippen LogP contribution in [0.3, 0.4) is 0 Å². The Kier molecular flexibility index (Phi) is 7.46. The molecule has 2 rings (SSSR count). The van der Waals surface area contributed by atoms with E-state index < -0.39 is 0 Å². The Labute approximate surface area is 135 Å². The summed E-state index contributed by atoms with van der Waals surface area (Å²) in [6.45, 7) is 6.23. The zero-order chi connectivity index (χ0) is 15.8. The van der Waals surface area contributed by atoms with Crippen LogP contribution in [0, 0.1) is 5.92 Å². The van der Waals surface area contributed by atoms with Crippen LogP contribution >= 0.6 is 0 Å². The number of rotatable bonds is 8. The number of aliphatic imine (C=N–C) groups is 1. The summed E-state index contributed by atoms with van der Waals surface area (Å²) >= 11 is 0. The van der Waals surface area contributed by atoms with Crippen molar-refractivity contribution in [2.45, 2.75) is 57.5 Å².